The first-order valence-electron chi connectivity index (χ1n) is 9.58. The predicted molar refractivity (Wildman–Crippen MR) is 116 cm³/mol. The summed E-state index contributed by atoms with van der Waals surface area (Å²) in [5, 5.41) is 4.26. The average molecular weight is 418 g/mol. The molecule has 4 nitrogen and oxygen atoms in total. The smallest absolute Gasteiger partial charge is 0.243 e. The van der Waals surface area contributed by atoms with E-state index in [9.17, 15) is 4.79 Å². The molecule has 0 saturated heterocycles. The third-order valence-corrected chi connectivity index (χ3v) is 5.46. The highest BCUT2D eigenvalue weighted by molar-refractivity contribution is 6.36. The third-order valence-electron chi connectivity index (χ3n) is 4.75. The molecule has 6 heteroatoms. The van der Waals surface area contributed by atoms with Crippen LogP contribution in [0.4, 0.5) is 0 Å². The molecular formula is C22H25Cl2N3O. The van der Waals surface area contributed by atoms with Gasteiger partial charge in [0.25, 0.3) is 0 Å². The summed E-state index contributed by atoms with van der Waals surface area (Å²) in [6.45, 7) is 6.83. The van der Waals surface area contributed by atoms with Gasteiger partial charge in [0.15, 0.2) is 0 Å². The number of para-hydroxylation sites is 2. The van der Waals surface area contributed by atoms with E-state index < -0.39 is 0 Å². The highest BCUT2D eigenvalue weighted by Crippen LogP contribution is 2.30. The highest BCUT2D eigenvalue weighted by atomic mass is 35.5. The predicted octanol–water partition coefficient (Wildman–Crippen LogP) is 5.66. The molecule has 148 valence electrons. The lowest BCUT2D eigenvalue weighted by Gasteiger charge is -2.21. The van der Waals surface area contributed by atoms with Gasteiger partial charge in [0, 0.05) is 23.0 Å². The molecule has 1 amide bonds. The Morgan fingerprint density at radius 3 is 2.43 bits per heavy atom. The molecule has 2 aromatic carbocycles. The first-order valence-corrected chi connectivity index (χ1v) is 10.3. The number of nitrogens with zero attached hydrogens (tertiary/aromatic N) is 2. The van der Waals surface area contributed by atoms with Crippen molar-refractivity contribution in [2.45, 2.75) is 39.7 Å². The van der Waals surface area contributed by atoms with Gasteiger partial charge >= 0.3 is 0 Å². The highest BCUT2D eigenvalue weighted by Gasteiger charge is 2.25. The first kappa shape index (κ1) is 20.7. The molecule has 0 aliphatic carbocycles. The number of amides is 1. The van der Waals surface area contributed by atoms with Crippen LogP contribution in [0.25, 0.3) is 11.0 Å². The summed E-state index contributed by atoms with van der Waals surface area (Å²) < 4.78 is 2.03. The van der Waals surface area contributed by atoms with Crippen LogP contribution in [0.2, 0.25) is 10.0 Å². The lowest BCUT2D eigenvalue weighted by molar-refractivity contribution is -0.124. The molecule has 1 aromatic heterocycles. The molecule has 28 heavy (non-hydrogen) atoms. The van der Waals surface area contributed by atoms with E-state index in [4.69, 9.17) is 28.2 Å². The van der Waals surface area contributed by atoms with Crippen molar-refractivity contribution in [3.63, 3.8) is 0 Å². The van der Waals surface area contributed by atoms with Gasteiger partial charge in [-0.25, -0.2) is 4.98 Å². The van der Waals surface area contributed by atoms with E-state index in [2.05, 4.69) is 19.2 Å². The number of nitrogens with one attached hydrogen (secondary N) is 1. The summed E-state index contributed by atoms with van der Waals surface area (Å²) in [6, 6.07) is 13.0. The van der Waals surface area contributed by atoms with Gasteiger partial charge < -0.3 is 9.88 Å². The third kappa shape index (κ3) is 4.34. The Morgan fingerprint density at radius 1 is 1.11 bits per heavy atom. The Balaban J connectivity index is 2.07. The molecule has 0 saturated carbocycles. The van der Waals surface area contributed by atoms with Gasteiger partial charge in [-0.3, -0.25) is 4.79 Å². The number of aromatic nitrogens is 2. The Morgan fingerprint density at radius 2 is 1.79 bits per heavy atom. The first-order chi connectivity index (χ1) is 13.4. The summed E-state index contributed by atoms with van der Waals surface area (Å²) in [5.74, 6) is 1.18. The maximum absolute atomic E-state index is 12.9. The van der Waals surface area contributed by atoms with Crippen LogP contribution in [0.5, 0.6) is 0 Å². The minimum Gasteiger partial charge on any atom is -0.354 e. The van der Waals surface area contributed by atoms with Crippen LogP contribution in [0, 0.1) is 5.92 Å². The van der Waals surface area contributed by atoms with Crippen molar-refractivity contribution in [3.8, 4) is 0 Å². The second-order valence-electron chi connectivity index (χ2n) is 7.33. The van der Waals surface area contributed by atoms with Gasteiger partial charge in [-0.05, 0) is 42.2 Å². The molecule has 3 aromatic rings. The van der Waals surface area contributed by atoms with Crippen LogP contribution in [-0.2, 0) is 11.2 Å². The second-order valence-corrected chi connectivity index (χ2v) is 8.14. The minimum absolute atomic E-state index is 0.00542. The Hall–Kier alpha value is -2.04. The summed E-state index contributed by atoms with van der Waals surface area (Å²) in [7, 11) is 0. The van der Waals surface area contributed by atoms with Crippen LogP contribution in [-0.4, -0.2) is 22.0 Å². The molecule has 1 heterocycles. The Bertz CT molecular complexity index is 961. The number of fused-ring (bicyclic) bond motifs is 1. The summed E-state index contributed by atoms with van der Waals surface area (Å²) >= 11 is 12.8. The largest absolute Gasteiger partial charge is 0.354 e. The standard InChI is InChI=1S/C22H25Cl2N3O/c1-4-19(22(28)25-13-14(2)3)27-20-11-6-5-10-18(20)26-21(27)12-15-16(23)8-7-9-17(15)24/h5-11,14,19H,4,12-13H2,1-3H3,(H,25,28)/t19-/m1/s1. The number of hydrogen-bond acceptors (Lipinski definition) is 2. The van der Waals surface area contributed by atoms with E-state index in [1.54, 1.807) is 0 Å². The van der Waals surface area contributed by atoms with Crippen molar-refractivity contribution in [2.24, 2.45) is 5.92 Å². The van der Waals surface area contributed by atoms with Crippen molar-refractivity contribution in [2.75, 3.05) is 6.54 Å². The van der Waals surface area contributed by atoms with Crippen LogP contribution in [0.3, 0.4) is 0 Å². The lowest BCUT2D eigenvalue weighted by atomic mass is 10.1. The maximum atomic E-state index is 12.9. The number of imidazole rings is 1. The summed E-state index contributed by atoms with van der Waals surface area (Å²) in [5.41, 5.74) is 2.61. The average Bonchev–Trinajstić information content (AvgIpc) is 3.02. The van der Waals surface area contributed by atoms with Gasteiger partial charge in [-0.2, -0.15) is 0 Å². The normalized spacial score (nSPS) is 12.5. The van der Waals surface area contributed by atoms with Crippen LogP contribution in [0.1, 0.15) is 44.6 Å². The quantitative estimate of drug-likeness (QED) is 0.539. The fourth-order valence-corrected chi connectivity index (χ4v) is 3.86. The zero-order chi connectivity index (χ0) is 20.3. The molecule has 1 N–H and O–H groups in total. The van der Waals surface area contributed by atoms with E-state index in [1.165, 1.54) is 0 Å². The fourth-order valence-electron chi connectivity index (χ4n) is 3.33. The monoisotopic (exact) mass is 417 g/mol. The maximum Gasteiger partial charge on any atom is 0.243 e. The van der Waals surface area contributed by atoms with Crippen molar-refractivity contribution in [3.05, 3.63) is 63.9 Å². The number of halogens is 2. The van der Waals surface area contributed by atoms with Gasteiger partial charge in [0.1, 0.15) is 11.9 Å². The number of hydrogen-bond donors (Lipinski definition) is 1. The Labute approximate surface area is 175 Å². The molecular weight excluding hydrogens is 393 g/mol. The zero-order valence-corrected chi connectivity index (χ0v) is 17.9. The van der Waals surface area contributed by atoms with Gasteiger partial charge in [0.05, 0.1) is 11.0 Å². The van der Waals surface area contributed by atoms with Crippen molar-refractivity contribution in [1.82, 2.24) is 14.9 Å². The molecule has 0 radical (unpaired) electrons. The van der Waals surface area contributed by atoms with Crippen LogP contribution < -0.4 is 5.32 Å². The van der Waals surface area contributed by atoms with Crippen molar-refractivity contribution >= 4 is 40.1 Å². The second kappa shape index (κ2) is 8.97. The SMILES string of the molecule is CC[C@H](C(=O)NCC(C)C)n1c(Cc2c(Cl)cccc2Cl)nc2ccccc21. The molecule has 0 bridgehead atoms. The molecule has 0 fully saturated rings. The van der Waals surface area contributed by atoms with E-state index >= 15 is 0 Å². The zero-order valence-electron chi connectivity index (χ0n) is 16.4. The summed E-state index contributed by atoms with van der Waals surface area (Å²) in [4.78, 5) is 17.7. The number of carbonyl (C=O) groups is 1. The van der Waals surface area contributed by atoms with Crippen molar-refractivity contribution in [1.29, 1.82) is 0 Å². The molecule has 0 aliphatic rings. The van der Waals surface area contributed by atoms with Gasteiger partial charge in [-0.15, -0.1) is 0 Å². The van der Waals surface area contributed by atoms with Gasteiger partial charge in [0.2, 0.25) is 5.91 Å². The Kier molecular flexibility index (Phi) is 6.63. The van der Waals surface area contributed by atoms with E-state index in [0.29, 0.717) is 35.3 Å². The minimum atomic E-state index is -0.345. The number of rotatable bonds is 7. The molecule has 0 aliphatic heterocycles. The van der Waals surface area contributed by atoms with Crippen LogP contribution in [0.15, 0.2) is 42.5 Å². The molecule has 3 rings (SSSR count). The topological polar surface area (TPSA) is 46.9 Å². The van der Waals surface area contributed by atoms with E-state index in [1.807, 2.05) is 54.0 Å². The van der Waals surface area contributed by atoms with E-state index in [0.717, 1.165) is 22.4 Å². The molecule has 0 spiro atoms. The fraction of sp³-hybridized carbons (Fsp3) is 0.364. The van der Waals surface area contributed by atoms with Crippen LogP contribution >= 0.6 is 23.2 Å². The van der Waals surface area contributed by atoms with Gasteiger partial charge in [-0.1, -0.05) is 62.2 Å². The molecule has 0 unspecified atom stereocenters. The van der Waals surface area contributed by atoms with Crippen molar-refractivity contribution < 1.29 is 4.79 Å². The lowest BCUT2D eigenvalue weighted by Crippen LogP contribution is -2.35. The number of benzene rings is 2. The molecule has 1 atom stereocenters. The number of carbonyl (C=O) groups excluding carboxylic acids is 1. The summed E-state index contributed by atoms with van der Waals surface area (Å²) in [6.07, 6.45) is 1.12. The van der Waals surface area contributed by atoms with E-state index in [-0.39, 0.29) is 11.9 Å².